The summed E-state index contributed by atoms with van der Waals surface area (Å²) < 4.78 is 23.7. The molecule has 0 bridgehead atoms. The van der Waals surface area contributed by atoms with Crippen molar-refractivity contribution in [3.05, 3.63) is 34.9 Å². The maximum Gasteiger partial charge on any atom is 0.190 e. The molecule has 5 heteroatoms. The van der Waals surface area contributed by atoms with Gasteiger partial charge in [-0.05, 0) is 31.9 Å². The highest BCUT2D eigenvalue weighted by atomic mass is 35.5. The molecule has 0 N–H and O–H groups in total. The Bertz CT molecular complexity index is 509. The minimum absolute atomic E-state index is 0.0658. The molecule has 116 valence electrons. The minimum atomic E-state index is -0.582. The van der Waals surface area contributed by atoms with Crippen molar-refractivity contribution in [3.8, 4) is 0 Å². The van der Waals surface area contributed by atoms with Gasteiger partial charge in [0.15, 0.2) is 12.1 Å². The van der Waals surface area contributed by atoms with Crippen molar-refractivity contribution in [1.82, 2.24) is 0 Å². The zero-order chi connectivity index (χ0) is 15.0. The molecule has 0 saturated carbocycles. The van der Waals surface area contributed by atoms with Gasteiger partial charge in [-0.3, -0.25) is 0 Å². The molecule has 4 nitrogen and oxygen atoms in total. The number of hydrogen-bond donors (Lipinski definition) is 0. The van der Waals surface area contributed by atoms with E-state index in [0.29, 0.717) is 11.6 Å². The molecule has 1 unspecified atom stereocenters. The highest BCUT2D eigenvalue weighted by molar-refractivity contribution is 6.31. The van der Waals surface area contributed by atoms with Crippen LogP contribution in [0.3, 0.4) is 0 Å². The van der Waals surface area contributed by atoms with Crippen LogP contribution in [0.4, 0.5) is 0 Å². The second-order valence-electron chi connectivity index (χ2n) is 5.76. The van der Waals surface area contributed by atoms with E-state index in [2.05, 4.69) is 0 Å². The number of rotatable bonds is 4. The van der Waals surface area contributed by atoms with E-state index in [9.17, 15) is 0 Å². The topological polar surface area (TPSA) is 36.9 Å². The molecule has 2 aliphatic rings. The van der Waals surface area contributed by atoms with Crippen LogP contribution >= 0.6 is 11.6 Å². The molecule has 0 aromatic heterocycles. The Hall–Kier alpha value is -0.650. The lowest BCUT2D eigenvalue weighted by molar-refractivity contribution is -0.227. The van der Waals surface area contributed by atoms with E-state index < -0.39 is 5.79 Å². The molecule has 21 heavy (non-hydrogen) atoms. The van der Waals surface area contributed by atoms with Gasteiger partial charge >= 0.3 is 0 Å². The fourth-order valence-electron chi connectivity index (χ4n) is 2.77. The molecule has 2 saturated heterocycles. The first-order valence-electron chi connectivity index (χ1n) is 7.38. The Kier molecular flexibility index (Phi) is 4.26. The molecule has 0 amide bonds. The zero-order valence-corrected chi connectivity index (χ0v) is 13.3. The van der Waals surface area contributed by atoms with Gasteiger partial charge in [-0.15, -0.1) is 0 Å². The van der Waals surface area contributed by atoms with E-state index in [0.717, 1.165) is 12.0 Å². The molecule has 0 radical (unpaired) electrons. The van der Waals surface area contributed by atoms with Crippen LogP contribution in [0.1, 0.15) is 32.8 Å². The van der Waals surface area contributed by atoms with Gasteiger partial charge in [0.1, 0.15) is 12.2 Å². The summed E-state index contributed by atoms with van der Waals surface area (Å²) in [7, 11) is 0. The summed E-state index contributed by atoms with van der Waals surface area (Å²) in [5, 5.41) is 0.711. The summed E-state index contributed by atoms with van der Waals surface area (Å²) in [4.78, 5) is 0. The number of halogens is 1. The predicted octanol–water partition coefficient (Wildman–Crippen LogP) is 3.51. The van der Waals surface area contributed by atoms with Gasteiger partial charge in [0.25, 0.3) is 0 Å². The van der Waals surface area contributed by atoms with E-state index in [1.165, 1.54) is 0 Å². The lowest BCUT2D eigenvalue weighted by atomic mass is 10.1. The normalized spacial score (nSPS) is 38.7. The predicted molar refractivity (Wildman–Crippen MR) is 79.0 cm³/mol. The van der Waals surface area contributed by atoms with Crippen molar-refractivity contribution in [1.29, 1.82) is 0 Å². The third kappa shape index (κ3) is 2.96. The monoisotopic (exact) mass is 312 g/mol. The number of benzene rings is 1. The molecular weight excluding hydrogens is 292 g/mol. The summed E-state index contributed by atoms with van der Waals surface area (Å²) in [5.41, 5.74) is 0.965. The third-order valence-corrected chi connectivity index (χ3v) is 4.55. The molecular formula is C16H21ClO4. The van der Waals surface area contributed by atoms with Crippen molar-refractivity contribution < 1.29 is 18.9 Å². The van der Waals surface area contributed by atoms with E-state index in [4.69, 9.17) is 30.5 Å². The van der Waals surface area contributed by atoms with Gasteiger partial charge in [-0.25, -0.2) is 0 Å². The van der Waals surface area contributed by atoms with Crippen molar-refractivity contribution >= 4 is 11.6 Å². The van der Waals surface area contributed by atoms with E-state index >= 15 is 0 Å². The van der Waals surface area contributed by atoms with Crippen LogP contribution in [-0.2, 0) is 25.6 Å². The van der Waals surface area contributed by atoms with Gasteiger partial charge in [-0.1, -0.05) is 36.7 Å². The average Bonchev–Trinajstić information content (AvgIpc) is 2.92. The van der Waals surface area contributed by atoms with Crippen molar-refractivity contribution in [3.63, 3.8) is 0 Å². The maximum atomic E-state index is 6.16. The molecule has 2 fully saturated rings. The maximum absolute atomic E-state index is 6.16. The van der Waals surface area contributed by atoms with Crippen molar-refractivity contribution in [2.24, 2.45) is 0 Å². The Morgan fingerprint density at radius 2 is 2.05 bits per heavy atom. The van der Waals surface area contributed by atoms with E-state index in [1.54, 1.807) is 0 Å². The smallest absolute Gasteiger partial charge is 0.190 e. The van der Waals surface area contributed by atoms with Gasteiger partial charge in [0.2, 0.25) is 0 Å². The van der Waals surface area contributed by atoms with Gasteiger partial charge in [0.05, 0.1) is 12.7 Å². The quantitative estimate of drug-likeness (QED) is 0.852. The number of ether oxygens (including phenoxy) is 4. The van der Waals surface area contributed by atoms with Crippen LogP contribution in [-0.4, -0.2) is 30.4 Å². The first-order chi connectivity index (χ1) is 10.0. The average molecular weight is 313 g/mol. The van der Waals surface area contributed by atoms with Crippen LogP contribution in [0.25, 0.3) is 0 Å². The first-order valence-corrected chi connectivity index (χ1v) is 7.76. The molecule has 0 spiro atoms. The van der Waals surface area contributed by atoms with E-state index in [-0.39, 0.29) is 24.6 Å². The highest BCUT2D eigenvalue weighted by Gasteiger charge is 2.55. The summed E-state index contributed by atoms with van der Waals surface area (Å²) in [5.74, 6) is -0.582. The third-order valence-electron chi connectivity index (χ3n) is 4.19. The van der Waals surface area contributed by atoms with Crippen LogP contribution in [0.5, 0.6) is 0 Å². The molecule has 0 aliphatic carbocycles. The van der Waals surface area contributed by atoms with Gasteiger partial charge in [-0.2, -0.15) is 0 Å². The lowest BCUT2D eigenvalue weighted by Crippen LogP contribution is -2.36. The Morgan fingerprint density at radius 3 is 2.76 bits per heavy atom. The summed E-state index contributed by atoms with van der Waals surface area (Å²) >= 11 is 6.16. The minimum Gasteiger partial charge on any atom is -0.368 e. The van der Waals surface area contributed by atoms with Crippen molar-refractivity contribution in [2.45, 2.75) is 64.2 Å². The van der Waals surface area contributed by atoms with Crippen LogP contribution in [0, 0.1) is 0 Å². The second kappa shape index (κ2) is 5.86. The Balaban J connectivity index is 1.66. The molecule has 2 aliphatic heterocycles. The van der Waals surface area contributed by atoms with Crippen molar-refractivity contribution in [2.75, 3.05) is 0 Å². The molecule has 1 aromatic carbocycles. The lowest BCUT2D eigenvalue weighted by Gasteiger charge is -2.26. The largest absolute Gasteiger partial charge is 0.368 e. The zero-order valence-electron chi connectivity index (χ0n) is 12.5. The summed E-state index contributed by atoms with van der Waals surface area (Å²) in [6.45, 7) is 6.38. The fraction of sp³-hybridized carbons (Fsp3) is 0.625. The molecule has 1 aromatic rings. The first kappa shape index (κ1) is 15.3. The van der Waals surface area contributed by atoms with Gasteiger partial charge < -0.3 is 18.9 Å². The molecule has 2 heterocycles. The SMILES string of the molecule is CCC1(C)O[C@H]2O[C@H](C)[C@H](OCc3ccccc3Cl)[C@H]2O1. The highest BCUT2D eigenvalue weighted by Crippen LogP contribution is 2.40. The summed E-state index contributed by atoms with van der Waals surface area (Å²) in [6.07, 6.45) is 0.0202. The molecule has 3 rings (SSSR count). The summed E-state index contributed by atoms with van der Waals surface area (Å²) in [6, 6.07) is 7.68. The Morgan fingerprint density at radius 1 is 1.29 bits per heavy atom. The second-order valence-corrected chi connectivity index (χ2v) is 6.17. The van der Waals surface area contributed by atoms with Crippen LogP contribution < -0.4 is 0 Å². The molecule has 5 atom stereocenters. The fourth-order valence-corrected chi connectivity index (χ4v) is 2.96. The van der Waals surface area contributed by atoms with Crippen LogP contribution in [0.15, 0.2) is 24.3 Å². The standard InChI is InChI=1S/C16H21ClO4/c1-4-16(3)20-14-13(10(2)19-15(14)21-16)18-9-11-7-5-6-8-12(11)17/h5-8,10,13-15H,4,9H2,1-3H3/t10-,13+,14-,15-,16?/m1/s1. The number of hydrogen-bond acceptors (Lipinski definition) is 4. The number of fused-ring (bicyclic) bond motifs is 1. The Labute approximate surface area is 130 Å². The van der Waals surface area contributed by atoms with E-state index in [1.807, 2.05) is 45.0 Å². The van der Waals surface area contributed by atoms with Crippen LogP contribution in [0.2, 0.25) is 5.02 Å². The van der Waals surface area contributed by atoms with Gasteiger partial charge in [0, 0.05) is 5.02 Å².